The van der Waals surface area contributed by atoms with Crippen molar-refractivity contribution in [3.8, 4) is 0 Å². The second kappa shape index (κ2) is 13.8. The number of aldehydes is 1. The SMILES string of the molecule is Cn1c(C=O)nc2ccc(C(=O)NCCOCCOCCOCCOCCN)cc21. The number of aryl methyl sites for hydroxylation is 1. The molecule has 0 saturated heterocycles. The largest absolute Gasteiger partial charge is 0.378 e. The van der Waals surface area contributed by atoms with Crippen LogP contribution in [0.25, 0.3) is 11.0 Å². The average Bonchev–Trinajstić information content (AvgIpc) is 3.09. The summed E-state index contributed by atoms with van der Waals surface area (Å²) >= 11 is 0. The van der Waals surface area contributed by atoms with Gasteiger partial charge in [-0.25, -0.2) is 4.98 Å². The number of hydrogen-bond donors (Lipinski definition) is 2. The third-order valence-corrected chi connectivity index (χ3v) is 4.19. The number of rotatable bonds is 16. The number of amides is 1. The Balaban J connectivity index is 1.52. The molecule has 2 aromatic rings. The van der Waals surface area contributed by atoms with E-state index in [9.17, 15) is 9.59 Å². The maximum Gasteiger partial charge on any atom is 0.251 e. The van der Waals surface area contributed by atoms with Crippen LogP contribution in [0.5, 0.6) is 0 Å². The third kappa shape index (κ3) is 7.81. The van der Waals surface area contributed by atoms with Gasteiger partial charge in [-0.15, -0.1) is 0 Å². The summed E-state index contributed by atoms with van der Waals surface area (Å²) in [7, 11) is 1.74. The number of aromatic nitrogens is 2. The van der Waals surface area contributed by atoms with Crippen LogP contribution in [-0.2, 0) is 26.0 Å². The van der Waals surface area contributed by atoms with Crippen LogP contribution >= 0.6 is 0 Å². The molecule has 1 aromatic heterocycles. The first-order valence-electron chi connectivity index (χ1n) is 9.88. The van der Waals surface area contributed by atoms with E-state index in [1.807, 2.05) is 0 Å². The van der Waals surface area contributed by atoms with Crippen molar-refractivity contribution in [3.05, 3.63) is 29.6 Å². The lowest BCUT2D eigenvalue weighted by Gasteiger charge is -2.08. The first kappa shape index (κ1) is 23.9. The van der Waals surface area contributed by atoms with Crippen LogP contribution in [0.15, 0.2) is 18.2 Å². The van der Waals surface area contributed by atoms with Gasteiger partial charge in [-0.3, -0.25) is 9.59 Å². The number of nitrogens with zero attached hydrogens (tertiary/aromatic N) is 2. The lowest BCUT2D eigenvalue weighted by atomic mass is 10.2. The van der Waals surface area contributed by atoms with Crippen LogP contribution in [0.1, 0.15) is 21.0 Å². The van der Waals surface area contributed by atoms with E-state index >= 15 is 0 Å². The molecule has 0 spiro atoms. The predicted octanol–water partition coefficient (Wildman–Crippen LogP) is 0.141. The summed E-state index contributed by atoms with van der Waals surface area (Å²) in [5, 5.41) is 2.80. The van der Waals surface area contributed by atoms with Gasteiger partial charge in [-0.2, -0.15) is 0 Å². The molecule has 0 bridgehead atoms. The Morgan fingerprint density at radius 1 is 1.03 bits per heavy atom. The van der Waals surface area contributed by atoms with Crippen LogP contribution in [0.4, 0.5) is 0 Å². The van der Waals surface area contributed by atoms with Gasteiger partial charge in [0, 0.05) is 25.7 Å². The molecular weight excluding hydrogens is 392 g/mol. The summed E-state index contributed by atoms with van der Waals surface area (Å²) in [4.78, 5) is 27.4. The number of nitrogens with two attached hydrogens (primary N) is 1. The number of imidazole rings is 1. The minimum atomic E-state index is -0.210. The Hall–Kier alpha value is -2.37. The smallest absolute Gasteiger partial charge is 0.251 e. The van der Waals surface area contributed by atoms with Crippen molar-refractivity contribution in [1.29, 1.82) is 0 Å². The van der Waals surface area contributed by atoms with Gasteiger partial charge in [0.15, 0.2) is 12.1 Å². The molecule has 0 aliphatic heterocycles. The van der Waals surface area contributed by atoms with E-state index in [1.54, 1.807) is 29.8 Å². The van der Waals surface area contributed by atoms with Crippen LogP contribution in [0.3, 0.4) is 0 Å². The summed E-state index contributed by atoms with van der Waals surface area (Å²) in [5.41, 5.74) is 7.20. The van der Waals surface area contributed by atoms with E-state index in [1.165, 1.54) is 0 Å². The molecule has 1 heterocycles. The monoisotopic (exact) mass is 422 g/mol. The molecule has 1 aromatic carbocycles. The van der Waals surface area contributed by atoms with Crippen molar-refractivity contribution >= 4 is 23.2 Å². The third-order valence-electron chi connectivity index (χ3n) is 4.19. The van der Waals surface area contributed by atoms with Crippen LogP contribution < -0.4 is 11.1 Å². The summed E-state index contributed by atoms with van der Waals surface area (Å²) in [6.45, 7) is 4.74. The minimum absolute atomic E-state index is 0.210. The number of ether oxygens (including phenoxy) is 4. The molecule has 0 saturated carbocycles. The molecule has 10 nitrogen and oxygen atoms in total. The lowest BCUT2D eigenvalue weighted by Crippen LogP contribution is -2.27. The number of nitrogens with one attached hydrogen (secondary N) is 1. The normalized spacial score (nSPS) is 11.1. The van der Waals surface area contributed by atoms with Crippen molar-refractivity contribution in [2.75, 3.05) is 65.9 Å². The van der Waals surface area contributed by atoms with Gasteiger partial charge in [0.2, 0.25) is 0 Å². The number of hydrogen-bond acceptors (Lipinski definition) is 8. The quantitative estimate of drug-likeness (QED) is 0.289. The molecular formula is C20H30N4O6. The van der Waals surface area contributed by atoms with Crippen molar-refractivity contribution in [2.24, 2.45) is 12.8 Å². The number of benzene rings is 1. The average molecular weight is 422 g/mol. The zero-order chi connectivity index (χ0) is 21.6. The Bertz CT molecular complexity index is 795. The van der Waals surface area contributed by atoms with E-state index in [2.05, 4.69) is 10.3 Å². The van der Waals surface area contributed by atoms with Gasteiger partial charge >= 0.3 is 0 Å². The van der Waals surface area contributed by atoms with Gasteiger partial charge in [-0.1, -0.05) is 0 Å². The van der Waals surface area contributed by atoms with Crippen molar-refractivity contribution in [3.63, 3.8) is 0 Å². The molecule has 30 heavy (non-hydrogen) atoms. The fraction of sp³-hybridized carbons (Fsp3) is 0.550. The zero-order valence-corrected chi connectivity index (χ0v) is 17.3. The summed E-state index contributed by atoms with van der Waals surface area (Å²) in [6.07, 6.45) is 0.688. The van der Waals surface area contributed by atoms with Gasteiger partial charge in [-0.05, 0) is 18.2 Å². The Labute approximate surface area is 175 Å². The second-order valence-electron chi connectivity index (χ2n) is 6.34. The summed E-state index contributed by atoms with van der Waals surface area (Å²) < 4.78 is 23.0. The number of carbonyl (C=O) groups is 2. The van der Waals surface area contributed by atoms with Crippen molar-refractivity contribution in [1.82, 2.24) is 14.9 Å². The molecule has 0 radical (unpaired) electrons. The number of fused-ring (bicyclic) bond motifs is 1. The lowest BCUT2D eigenvalue weighted by molar-refractivity contribution is -0.000579. The molecule has 3 N–H and O–H groups in total. The molecule has 0 atom stereocenters. The van der Waals surface area contributed by atoms with Crippen LogP contribution in [0.2, 0.25) is 0 Å². The van der Waals surface area contributed by atoms with E-state index in [0.29, 0.717) is 89.1 Å². The van der Waals surface area contributed by atoms with E-state index < -0.39 is 0 Å². The van der Waals surface area contributed by atoms with Crippen molar-refractivity contribution in [2.45, 2.75) is 0 Å². The minimum Gasteiger partial charge on any atom is -0.378 e. The molecule has 0 aliphatic rings. The van der Waals surface area contributed by atoms with Crippen LogP contribution in [0, 0.1) is 0 Å². The Morgan fingerprint density at radius 3 is 2.23 bits per heavy atom. The summed E-state index contributed by atoms with van der Waals surface area (Å²) in [6, 6.07) is 5.12. The predicted molar refractivity (Wildman–Crippen MR) is 111 cm³/mol. The molecule has 10 heteroatoms. The van der Waals surface area contributed by atoms with Gasteiger partial charge in [0.1, 0.15) is 0 Å². The Morgan fingerprint density at radius 2 is 1.63 bits per heavy atom. The van der Waals surface area contributed by atoms with E-state index in [4.69, 9.17) is 24.7 Å². The highest BCUT2D eigenvalue weighted by Gasteiger charge is 2.11. The first-order valence-corrected chi connectivity index (χ1v) is 9.88. The fourth-order valence-electron chi connectivity index (χ4n) is 2.64. The zero-order valence-electron chi connectivity index (χ0n) is 17.3. The topological polar surface area (TPSA) is 127 Å². The molecule has 1 amide bonds. The molecule has 0 fully saturated rings. The first-order chi connectivity index (χ1) is 14.7. The highest BCUT2D eigenvalue weighted by atomic mass is 16.6. The fourth-order valence-corrected chi connectivity index (χ4v) is 2.64. The van der Waals surface area contributed by atoms with Gasteiger partial charge in [0.05, 0.1) is 63.9 Å². The molecule has 0 aliphatic carbocycles. The Kier molecular flexibility index (Phi) is 11.0. The number of carbonyl (C=O) groups excluding carboxylic acids is 2. The summed E-state index contributed by atoms with van der Waals surface area (Å²) in [5.74, 6) is 0.111. The standard InChI is InChI=1S/C20H30N4O6/c1-24-18-14-16(2-3-17(18)23-19(24)15-25)20(26)22-5-7-28-9-11-30-13-12-29-10-8-27-6-4-21/h2-3,14-15H,4-13,21H2,1H3,(H,22,26). The molecule has 0 unspecified atom stereocenters. The maximum absolute atomic E-state index is 12.3. The highest BCUT2D eigenvalue weighted by molar-refractivity contribution is 5.98. The van der Waals surface area contributed by atoms with Gasteiger partial charge < -0.3 is 34.6 Å². The van der Waals surface area contributed by atoms with E-state index in [-0.39, 0.29) is 5.91 Å². The van der Waals surface area contributed by atoms with E-state index in [0.717, 1.165) is 5.52 Å². The second-order valence-corrected chi connectivity index (χ2v) is 6.34. The maximum atomic E-state index is 12.3. The van der Waals surface area contributed by atoms with Crippen LogP contribution in [-0.4, -0.2) is 87.7 Å². The molecule has 166 valence electrons. The highest BCUT2D eigenvalue weighted by Crippen LogP contribution is 2.16. The van der Waals surface area contributed by atoms with Crippen molar-refractivity contribution < 1.29 is 28.5 Å². The van der Waals surface area contributed by atoms with Gasteiger partial charge in [0.25, 0.3) is 5.91 Å². The molecule has 2 rings (SSSR count).